The zero-order valence-corrected chi connectivity index (χ0v) is 9.64. The van der Waals surface area contributed by atoms with Gasteiger partial charge in [-0.1, -0.05) is 13.5 Å². The number of hydrazine groups is 1. The van der Waals surface area contributed by atoms with Crippen molar-refractivity contribution in [2.24, 2.45) is 0 Å². The molecule has 0 aliphatic rings. The SMILES string of the molecule is C=C(C)C(=O)NNC(=O)OC(C)(C)CC. The number of nitrogens with one attached hydrogen (secondary N) is 2. The van der Waals surface area contributed by atoms with Gasteiger partial charge in [0.05, 0.1) is 0 Å². The highest BCUT2D eigenvalue weighted by Gasteiger charge is 2.20. The third-order valence-electron chi connectivity index (χ3n) is 1.89. The molecular weight excluding hydrogens is 196 g/mol. The number of ether oxygens (including phenoxy) is 1. The molecule has 0 aromatic heterocycles. The molecule has 0 aliphatic heterocycles. The molecule has 0 saturated heterocycles. The maximum atomic E-state index is 11.2. The Morgan fingerprint density at radius 3 is 2.27 bits per heavy atom. The van der Waals surface area contributed by atoms with Crippen molar-refractivity contribution < 1.29 is 14.3 Å². The van der Waals surface area contributed by atoms with E-state index >= 15 is 0 Å². The first-order chi connectivity index (χ1) is 6.78. The van der Waals surface area contributed by atoms with Gasteiger partial charge in [-0.2, -0.15) is 0 Å². The maximum Gasteiger partial charge on any atom is 0.426 e. The van der Waals surface area contributed by atoms with Gasteiger partial charge in [0.1, 0.15) is 5.60 Å². The Balaban J connectivity index is 3.96. The fraction of sp³-hybridized carbons (Fsp3) is 0.600. The maximum absolute atomic E-state index is 11.2. The summed E-state index contributed by atoms with van der Waals surface area (Å²) in [6.07, 6.45) is 0.00550. The first-order valence-corrected chi connectivity index (χ1v) is 4.73. The van der Waals surface area contributed by atoms with Gasteiger partial charge in [0, 0.05) is 5.57 Å². The molecule has 0 bridgehead atoms. The van der Waals surface area contributed by atoms with Crippen molar-refractivity contribution in [3.8, 4) is 0 Å². The van der Waals surface area contributed by atoms with Gasteiger partial charge in [-0.25, -0.2) is 10.2 Å². The Morgan fingerprint density at radius 1 is 1.33 bits per heavy atom. The van der Waals surface area contributed by atoms with Crippen molar-refractivity contribution in [2.45, 2.75) is 39.7 Å². The van der Waals surface area contributed by atoms with E-state index in [1.165, 1.54) is 0 Å². The van der Waals surface area contributed by atoms with E-state index in [-0.39, 0.29) is 0 Å². The van der Waals surface area contributed by atoms with E-state index in [0.717, 1.165) is 0 Å². The molecule has 0 aromatic carbocycles. The topological polar surface area (TPSA) is 67.4 Å². The molecule has 0 saturated carbocycles. The Labute approximate surface area is 89.8 Å². The normalized spacial score (nSPS) is 10.4. The van der Waals surface area contributed by atoms with Gasteiger partial charge in [0.15, 0.2) is 0 Å². The molecule has 2 N–H and O–H groups in total. The van der Waals surface area contributed by atoms with Crippen molar-refractivity contribution in [1.29, 1.82) is 0 Å². The van der Waals surface area contributed by atoms with Gasteiger partial charge in [0.25, 0.3) is 5.91 Å². The van der Waals surface area contributed by atoms with Crippen molar-refractivity contribution >= 4 is 12.0 Å². The summed E-state index contributed by atoms with van der Waals surface area (Å²) in [5.74, 6) is -0.443. The number of carbonyl (C=O) groups is 2. The number of hydrogen-bond acceptors (Lipinski definition) is 3. The molecule has 0 atom stereocenters. The van der Waals surface area contributed by atoms with E-state index in [9.17, 15) is 9.59 Å². The quantitative estimate of drug-likeness (QED) is 0.552. The van der Waals surface area contributed by atoms with E-state index in [4.69, 9.17) is 4.74 Å². The molecule has 15 heavy (non-hydrogen) atoms. The predicted octanol–water partition coefficient (Wildman–Crippen LogP) is 1.51. The second-order valence-corrected chi connectivity index (χ2v) is 3.86. The lowest BCUT2D eigenvalue weighted by Gasteiger charge is -2.23. The van der Waals surface area contributed by atoms with Crippen LogP contribution in [0.5, 0.6) is 0 Å². The van der Waals surface area contributed by atoms with Gasteiger partial charge < -0.3 is 4.74 Å². The van der Waals surface area contributed by atoms with Crippen LogP contribution in [0.25, 0.3) is 0 Å². The molecule has 0 spiro atoms. The number of carbonyl (C=O) groups excluding carboxylic acids is 2. The summed E-state index contributed by atoms with van der Waals surface area (Å²) in [5, 5.41) is 0. The van der Waals surface area contributed by atoms with Gasteiger partial charge >= 0.3 is 6.09 Å². The van der Waals surface area contributed by atoms with Crippen molar-refractivity contribution in [3.63, 3.8) is 0 Å². The van der Waals surface area contributed by atoms with E-state index in [1.807, 2.05) is 6.92 Å². The second kappa shape index (κ2) is 5.38. The average molecular weight is 214 g/mol. The largest absolute Gasteiger partial charge is 0.442 e. The first-order valence-electron chi connectivity index (χ1n) is 4.73. The molecule has 0 aliphatic carbocycles. The Hall–Kier alpha value is -1.52. The summed E-state index contributed by atoms with van der Waals surface area (Å²) in [6, 6.07) is 0. The summed E-state index contributed by atoms with van der Waals surface area (Å²) < 4.78 is 5.02. The minimum absolute atomic E-state index is 0.310. The highest BCUT2D eigenvalue weighted by atomic mass is 16.6. The van der Waals surface area contributed by atoms with Crippen LogP contribution in [-0.2, 0) is 9.53 Å². The van der Waals surface area contributed by atoms with E-state index in [2.05, 4.69) is 17.4 Å². The Bertz CT molecular complexity index is 272. The molecule has 0 unspecified atom stereocenters. The summed E-state index contributed by atoms with van der Waals surface area (Å²) in [6.45, 7) is 10.4. The fourth-order valence-corrected chi connectivity index (χ4v) is 0.563. The van der Waals surface area contributed by atoms with E-state index < -0.39 is 17.6 Å². The summed E-state index contributed by atoms with van der Waals surface area (Å²) in [4.78, 5) is 22.2. The van der Waals surface area contributed by atoms with Crippen LogP contribution in [0.2, 0.25) is 0 Å². The lowest BCUT2D eigenvalue weighted by molar-refractivity contribution is -0.118. The third kappa shape index (κ3) is 5.72. The minimum Gasteiger partial charge on any atom is -0.442 e. The van der Waals surface area contributed by atoms with Gasteiger partial charge in [-0.3, -0.25) is 10.2 Å². The van der Waals surface area contributed by atoms with Crippen LogP contribution in [0.4, 0.5) is 4.79 Å². The van der Waals surface area contributed by atoms with Crippen LogP contribution in [0, 0.1) is 0 Å². The molecule has 0 radical (unpaired) electrons. The van der Waals surface area contributed by atoms with Crippen LogP contribution in [0.1, 0.15) is 34.1 Å². The summed E-state index contributed by atoms with van der Waals surface area (Å²) in [5.41, 5.74) is 4.06. The molecule has 0 fully saturated rings. The van der Waals surface area contributed by atoms with Crippen LogP contribution in [0.3, 0.4) is 0 Å². The standard InChI is InChI=1S/C10H18N2O3/c1-6-10(4,5)15-9(14)12-11-8(13)7(2)3/h2,6H2,1,3-5H3,(H,11,13)(H,12,14). The molecule has 86 valence electrons. The minimum atomic E-state index is -0.684. The van der Waals surface area contributed by atoms with E-state index in [0.29, 0.717) is 12.0 Å². The molecule has 2 amide bonds. The van der Waals surface area contributed by atoms with Crippen LogP contribution in [0.15, 0.2) is 12.2 Å². The fourth-order valence-electron chi connectivity index (χ4n) is 0.563. The highest BCUT2D eigenvalue weighted by molar-refractivity contribution is 5.92. The monoisotopic (exact) mass is 214 g/mol. The van der Waals surface area contributed by atoms with Crippen LogP contribution in [-0.4, -0.2) is 17.6 Å². The lowest BCUT2D eigenvalue weighted by atomic mass is 10.1. The van der Waals surface area contributed by atoms with Crippen LogP contribution >= 0.6 is 0 Å². The summed E-state index contributed by atoms with van der Waals surface area (Å²) >= 11 is 0. The van der Waals surface area contributed by atoms with Crippen molar-refractivity contribution in [3.05, 3.63) is 12.2 Å². The summed E-state index contributed by atoms with van der Waals surface area (Å²) in [7, 11) is 0. The Morgan fingerprint density at radius 2 is 1.87 bits per heavy atom. The molecule has 5 nitrogen and oxygen atoms in total. The number of amides is 2. The molecule has 0 rings (SSSR count). The number of rotatable bonds is 3. The van der Waals surface area contributed by atoms with E-state index in [1.54, 1.807) is 20.8 Å². The zero-order valence-electron chi connectivity index (χ0n) is 9.64. The van der Waals surface area contributed by atoms with Gasteiger partial charge in [-0.15, -0.1) is 0 Å². The van der Waals surface area contributed by atoms with Gasteiger partial charge in [-0.05, 0) is 27.2 Å². The molecular formula is C10H18N2O3. The predicted molar refractivity (Wildman–Crippen MR) is 56.9 cm³/mol. The lowest BCUT2D eigenvalue weighted by Crippen LogP contribution is -2.44. The van der Waals surface area contributed by atoms with Crippen molar-refractivity contribution in [2.75, 3.05) is 0 Å². The molecule has 5 heteroatoms. The average Bonchev–Trinajstić information content (AvgIpc) is 2.13. The molecule has 0 heterocycles. The molecule has 0 aromatic rings. The van der Waals surface area contributed by atoms with Crippen LogP contribution < -0.4 is 10.9 Å². The van der Waals surface area contributed by atoms with Gasteiger partial charge in [0.2, 0.25) is 0 Å². The third-order valence-corrected chi connectivity index (χ3v) is 1.89. The zero-order chi connectivity index (χ0) is 12.1. The smallest absolute Gasteiger partial charge is 0.426 e. The highest BCUT2D eigenvalue weighted by Crippen LogP contribution is 2.12. The first kappa shape index (κ1) is 13.5. The second-order valence-electron chi connectivity index (χ2n) is 3.86. The Kier molecular flexibility index (Phi) is 4.84. The van der Waals surface area contributed by atoms with Crippen molar-refractivity contribution in [1.82, 2.24) is 10.9 Å². The number of hydrogen-bond donors (Lipinski definition) is 2.